The fourth-order valence-corrected chi connectivity index (χ4v) is 4.49. The SMILES string of the molecule is CNC(=O)c1ccc(C2=CCN(Cc3cc4[nH]c(=O)c5cccn5c4cc3F)CC2)c(C)n1. The summed E-state index contributed by atoms with van der Waals surface area (Å²) >= 11 is 0. The molecular formula is C25H24FN5O2. The Morgan fingerprint density at radius 3 is 2.82 bits per heavy atom. The van der Waals surface area contributed by atoms with Gasteiger partial charge in [0, 0.05) is 50.2 Å². The maximum absolute atomic E-state index is 14.9. The summed E-state index contributed by atoms with van der Waals surface area (Å²) in [4.78, 5) is 33.6. The van der Waals surface area contributed by atoms with Crippen LogP contribution in [-0.2, 0) is 6.54 Å². The van der Waals surface area contributed by atoms with E-state index >= 15 is 0 Å². The molecule has 1 aliphatic rings. The number of nitrogens with zero attached hydrogens (tertiary/aromatic N) is 3. The summed E-state index contributed by atoms with van der Waals surface area (Å²) in [5, 5.41) is 2.59. The predicted molar refractivity (Wildman–Crippen MR) is 126 cm³/mol. The molecule has 4 heterocycles. The second kappa shape index (κ2) is 8.29. The lowest BCUT2D eigenvalue weighted by atomic mass is 9.97. The molecule has 2 N–H and O–H groups in total. The number of H-pyrrole nitrogens is 1. The summed E-state index contributed by atoms with van der Waals surface area (Å²) in [7, 11) is 1.59. The van der Waals surface area contributed by atoms with Gasteiger partial charge in [-0.15, -0.1) is 0 Å². The Labute approximate surface area is 189 Å². The minimum absolute atomic E-state index is 0.193. The summed E-state index contributed by atoms with van der Waals surface area (Å²) in [6.07, 6.45) is 4.70. The van der Waals surface area contributed by atoms with Gasteiger partial charge >= 0.3 is 0 Å². The van der Waals surface area contributed by atoms with E-state index in [1.165, 1.54) is 11.6 Å². The first-order valence-corrected chi connectivity index (χ1v) is 10.9. The fraction of sp³-hybridized carbons (Fsp3) is 0.240. The Morgan fingerprint density at radius 2 is 2.09 bits per heavy atom. The molecule has 168 valence electrons. The Morgan fingerprint density at radius 1 is 1.24 bits per heavy atom. The number of carbonyl (C=O) groups is 1. The number of rotatable bonds is 4. The van der Waals surface area contributed by atoms with Crippen molar-refractivity contribution >= 4 is 28.0 Å². The number of halogens is 1. The molecule has 3 aromatic heterocycles. The number of pyridine rings is 1. The van der Waals surface area contributed by atoms with Crippen LogP contribution in [0.5, 0.6) is 0 Å². The molecule has 7 nitrogen and oxygen atoms in total. The summed E-state index contributed by atoms with van der Waals surface area (Å²) in [5.41, 5.74) is 5.54. The van der Waals surface area contributed by atoms with Crippen LogP contribution in [0, 0.1) is 12.7 Å². The zero-order valence-electron chi connectivity index (χ0n) is 18.5. The van der Waals surface area contributed by atoms with Gasteiger partial charge in [0.15, 0.2) is 0 Å². The maximum atomic E-state index is 14.9. The average Bonchev–Trinajstić information content (AvgIpc) is 3.31. The highest BCUT2D eigenvalue weighted by Gasteiger charge is 2.18. The molecule has 4 aromatic rings. The normalized spacial score (nSPS) is 14.6. The molecule has 0 saturated carbocycles. The van der Waals surface area contributed by atoms with Crippen LogP contribution in [0.4, 0.5) is 4.39 Å². The fourth-order valence-electron chi connectivity index (χ4n) is 4.49. The van der Waals surface area contributed by atoms with Crippen molar-refractivity contribution in [2.24, 2.45) is 0 Å². The quantitative estimate of drug-likeness (QED) is 0.505. The molecule has 0 atom stereocenters. The van der Waals surface area contributed by atoms with E-state index in [1.807, 2.05) is 13.0 Å². The van der Waals surface area contributed by atoms with Crippen LogP contribution in [0.15, 0.2) is 53.5 Å². The van der Waals surface area contributed by atoms with Crippen LogP contribution in [0.2, 0.25) is 0 Å². The number of fused-ring (bicyclic) bond motifs is 3. The minimum atomic E-state index is -0.288. The number of amides is 1. The van der Waals surface area contributed by atoms with Crippen LogP contribution in [0.25, 0.3) is 22.1 Å². The van der Waals surface area contributed by atoms with E-state index in [9.17, 15) is 14.0 Å². The first kappa shape index (κ1) is 21.1. The molecule has 1 aromatic carbocycles. The van der Waals surface area contributed by atoms with Gasteiger partial charge in [-0.3, -0.25) is 14.5 Å². The summed E-state index contributed by atoms with van der Waals surface area (Å²) < 4.78 is 16.7. The highest BCUT2D eigenvalue weighted by atomic mass is 19.1. The first-order chi connectivity index (χ1) is 15.9. The highest BCUT2D eigenvalue weighted by molar-refractivity contribution is 5.92. The van der Waals surface area contributed by atoms with E-state index < -0.39 is 0 Å². The monoisotopic (exact) mass is 445 g/mol. The molecule has 0 spiro atoms. The standard InChI is InChI=1S/C25H24FN5O2/c1-15-18(5-6-20(28-15)24(32)27-2)16-7-10-30(11-8-16)14-17-12-21-23(13-19(17)26)31-9-3-4-22(31)25(33)29-21/h3-7,9,12-13H,8,10-11,14H2,1-2H3,(H,27,32)(H,29,33). The van der Waals surface area contributed by atoms with Crippen molar-refractivity contribution in [2.75, 3.05) is 20.1 Å². The molecule has 0 radical (unpaired) electrons. The Kier molecular flexibility index (Phi) is 5.30. The predicted octanol–water partition coefficient (Wildman–Crippen LogP) is 3.27. The number of nitrogens with one attached hydrogen (secondary N) is 2. The zero-order valence-corrected chi connectivity index (χ0v) is 18.5. The van der Waals surface area contributed by atoms with E-state index in [2.05, 4.69) is 26.3 Å². The summed E-state index contributed by atoms with van der Waals surface area (Å²) in [6, 6.07) is 10.4. The molecule has 33 heavy (non-hydrogen) atoms. The third-order valence-corrected chi connectivity index (χ3v) is 6.23. The topological polar surface area (TPSA) is 82.5 Å². The molecule has 8 heteroatoms. The number of aryl methyl sites for hydroxylation is 1. The molecule has 1 aliphatic heterocycles. The third-order valence-electron chi connectivity index (χ3n) is 6.23. The van der Waals surface area contributed by atoms with Gasteiger partial charge in [-0.1, -0.05) is 12.1 Å². The molecule has 0 aliphatic carbocycles. The van der Waals surface area contributed by atoms with Crippen LogP contribution in [0.1, 0.15) is 33.7 Å². The van der Waals surface area contributed by atoms with Crippen molar-refractivity contribution in [3.05, 3.63) is 87.4 Å². The van der Waals surface area contributed by atoms with Crippen molar-refractivity contribution in [3.63, 3.8) is 0 Å². The smallest absolute Gasteiger partial charge is 0.272 e. The molecule has 0 bridgehead atoms. The average molecular weight is 445 g/mol. The van der Waals surface area contributed by atoms with Crippen LogP contribution in [0.3, 0.4) is 0 Å². The Bertz CT molecular complexity index is 1480. The molecule has 0 fully saturated rings. The van der Waals surface area contributed by atoms with Crippen LogP contribution in [-0.4, -0.2) is 45.3 Å². The van der Waals surface area contributed by atoms with E-state index in [0.29, 0.717) is 40.9 Å². The molecule has 5 rings (SSSR count). The van der Waals surface area contributed by atoms with Crippen LogP contribution < -0.4 is 10.9 Å². The number of hydrogen-bond donors (Lipinski definition) is 2. The van der Waals surface area contributed by atoms with Gasteiger partial charge in [0.25, 0.3) is 11.5 Å². The van der Waals surface area contributed by atoms with Gasteiger partial charge < -0.3 is 14.7 Å². The van der Waals surface area contributed by atoms with E-state index in [0.717, 1.165) is 24.2 Å². The highest BCUT2D eigenvalue weighted by Crippen LogP contribution is 2.26. The van der Waals surface area contributed by atoms with Gasteiger partial charge in [-0.05, 0) is 48.7 Å². The molecule has 0 saturated heterocycles. The maximum Gasteiger partial charge on any atom is 0.272 e. The van der Waals surface area contributed by atoms with Crippen molar-refractivity contribution < 1.29 is 9.18 Å². The summed E-state index contributed by atoms with van der Waals surface area (Å²) in [5.74, 6) is -0.492. The van der Waals surface area contributed by atoms with Crippen LogP contribution >= 0.6 is 0 Å². The Balaban J connectivity index is 1.37. The second-order valence-corrected chi connectivity index (χ2v) is 8.30. The zero-order chi connectivity index (χ0) is 23.1. The van der Waals surface area contributed by atoms with Gasteiger partial charge in [-0.2, -0.15) is 0 Å². The number of carbonyl (C=O) groups excluding carboxylic acids is 1. The first-order valence-electron chi connectivity index (χ1n) is 10.9. The van der Waals surface area contributed by atoms with Crippen molar-refractivity contribution in [1.82, 2.24) is 24.6 Å². The van der Waals surface area contributed by atoms with E-state index in [-0.39, 0.29) is 17.3 Å². The minimum Gasteiger partial charge on any atom is -0.354 e. The second-order valence-electron chi connectivity index (χ2n) is 8.30. The lowest BCUT2D eigenvalue weighted by Crippen LogP contribution is -2.28. The summed E-state index contributed by atoms with van der Waals surface area (Å²) in [6.45, 7) is 3.80. The molecule has 1 amide bonds. The number of aromatic nitrogens is 3. The van der Waals surface area contributed by atoms with E-state index in [4.69, 9.17) is 0 Å². The van der Waals surface area contributed by atoms with Crippen molar-refractivity contribution in [2.45, 2.75) is 19.9 Å². The molecular weight excluding hydrogens is 421 g/mol. The molecule has 0 unspecified atom stereocenters. The third kappa shape index (κ3) is 3.82. The largest absolute Gasteiger partial charge is 0.354 e. The number of aromatic amines is 1. The van der Waals surface area contributed by atoms with E-state index in [1.54, 1.807) is 41.9 Å². The van der Waals surface area contributed by atoms with Crippen molar-refractivity contribution in [1.29, 1.82) is 0 Å². The Hall–Kier alpha value is -3.78. The van der Waals surface area contributed by atoms with Gasteiger partial charge in [0.1, 0.15) is 17.0 Å². The lowest BCUT2D eigenvalue weighted by molar-refractivity contribution is 0.0958. The number of benzene rings is 1. The number of hydrogen-bond acceptors (Lipinski definition) is 4. The van der Waals surface area contributed by atoms with Gasteiger partial charge in [-0.25, -0.2) is 9.37 Å². The van der Waals surface area contributed by atoms with Gasteiger partial charge in [0.2, 0.25) is 0 Å². The van der Waals surface area contributed by atoms with Crippen molar-refractivity contribution in [3.8, 4) is 0 Å². The van der Waals surface area contributed by atoms with Gasteiger partial charge in [0.05, 0.1) is 11.0 Å². The lowest BCUT2D eigenvalue weighted by Gasteiger charge is -2.27.